The lowest BCUT2D eigenvalue weighted by Gasteiger charge is -2.29. The van der Waals surface area contributed by atoms with Crippen molar-refractivity contribution in [3.63, 3.8) is 0 Å². The second-order valence-electron chi connectivity index (χ2n) is 4.96. The van der Waals surface area contributed by atoms with Crippen molar-refractivity contribution in [2.45, 2.75) is 57.3 Å². The summed E-state index contributed by atoms with van der Waals surface area (Å²) < 4.78 is 5.79. The van der Waals surface area contributed by atoms with Gasteiger partial charge in [0.1, 0.15) is 0 Å². The molecule has 2 nitrogen and oxygen atoms in total. The highest BCUT2D eigenvalue weighted by Gasteiger charge is 2.24. The summed E-state index contributed by atoms with van der Waals surface area (Å²) in [5.74, 6) is 0.185. The average molecular weight is 232 g/mol. The van der Waals surface area contributed by atoms with E-state index in [-0.39, 0.29) is 16.1 Å². The van der Waals surface area contributed by atoms with E-state index in [4.69, 9.17) is 4.74 Å². The number of thiol groups is 1. The first-order chi connectivity index (χ1) is 6.68. The quantitative estimate of drug-likeness (QED) is 0.517. The molecule has 15 heavy (non-hydrogen) atoms. The van der Waals surface area contributed by atoms with Gasteiger partial charge in [0.15, 0.2) is 0 Å². The molecule has 1 N–H and O–H groups in total. The molecular formula is C12H24O2S. The number of ether oxygens (including phenoxy) is 1. The second kappa shape index (κ2) is 5.80. The maximum atomic E-state index is 9.19. The van der Waals surface area contributed by atoms with E-state index in [1.807, 2.05) is 6.92 Å². The van der Waals surface area contributed by atoms with Gasteiger partial charge in [0.2, 0.25) is 0 Å². The highest BCUT2D eigenvalue weighted by atomic mass is 32.1. The van der Waals surface area contributed by atoms with Gasteiger partial charge in [-0.15, -0.1) is 0 Å². The van der Waals surface area contributed by atoms with Crippen molar-refractivity contribution < 1.29 is 9.84 Å². The van der Waals surface area contributed by atoms with Crippen molar-refractivity contribution in [3.05, 3.63) is 12.3 Å². The van der Waals surface area contributed by atoms with Crippen LogP contribution in [-0.4, -0.2) is 22.1 Å². The highest BCUT2D eigenvalue weighted by Crippen LogP contribution is 2.25. The van der Waals surface area contributed by atoms with Gasteiger partial charge in [-0.25, -0.2) is 0 Å². The van der Waals surface area contributed by atoms with Gasteiger partial charge < -0.3 is 9.84 Å². The minimum absolute atomic E-state index is 0.00905. The Kier molecular flexibility index (Phi) is 5.75. The van der Waals surface area contributed by atoms with Crippen LogP contribution in [0.1, 0.15) is 47.0 Å². The highest BCUT2D eigenvalue weighted by molar-refractivity contribution is 7.81. The molecule has 3 heteroatoms. The monoisotopic (exact) mass is 232 g/mol. The van der Waals surface area contributed by atoms with Crippen molar-refractivity contribution in [1.82, 2.24) is 0 Å². The van der Waals surface area contributed by atoms with E-state index in [9.17, 15) is 5.11 Å². The zero-order valence-electron chi connectivity index (χ0n) is 10.3. The summed E-state index contributed by atoms with van der Waals surface area (Å²) in [5.41, 5.74) is -0.301. The fourth-order valence-electron chi connectivity index (χ4n) is 1.26. The van der Waals surface area contributed by atoms with Gasteiger partial charge in [-0.05, 0) is 19.8 Å². The molecule has 1 atom stereocenters. The third-order valence-corrected chi connectivity index (χ3v) is 2.71. The molecule has 0 aliphatic carbocycles. The van der Waals surface area contributed by atoms with Crippen LogP contribution in [0.25, 0.3) is 0 Å². The van der Waals surface area contributed by atoms with Crippen LogP contribution >= 0.6 is 12.6 Å². The summed E-state index contributed by atoms with van der Waals surface area (Å²) in [6.07, 6.45) is 2.25. The van der Waals surface area contributed by atoms with Crippen molar-refractivity contribution in [1.29, 1.82) is 0 Å². The molecule has 0 aromatic carbocycles. The van der Waals surface area contributed by atoms with Crippen molar-refractivity contribution in [2.75, 3.05) is 6.61 Å². The van der Waals surface area contributed by atoms with Gasteiger partial charge in [-0.3, -0.25) is 0 Å². The van der Waals surface area contributed by atoms with E-state index < -0.39 is 0 Å². The van der Waals surface area contributed by atoms with Crippen molar-refractivity contribution in [3.8, 4) is 0 Å². The molecule has 0 spiro atoms. The van der Waals surface area contributed by atoms with E-state index in [2.05, 4.69) is 40.0 Å². The molecular weight excluding hydrogens is 208 g/mol. The predicted octanol–water partition coefficient (Wildman–Crippen LogP) is 3.73. The number of hydrogen-bond acceptors (Lipinski definition) is 3. The summed E-state index contributed by atoms with van der Waals surface area (Å²) in [6, 6.07) is 0. The Morgan fingerprint density at radius 3 is 2.27 bits per heavy atom. The van der Waals surface area contributed by atoms with Crippen LogP contribution in [0.5, 0.6) is 0 Å². The molecule has 1 unspecified atom stereocenters. The molecule has 90 valence electrons. The fourth-order valence-corrected chi connectivity index (χ4v) is 1.35. The molecule has 0 bridgehead atoms. The molecule has 0 aromatic rings. The maximum Gasteiger partial charge on any atom is 0.0879 e. The van der Waals surface area contributed by atoms with Gasteiger partial charge in [-0.2, -0.15) is 12.6 Å². The minimum Gasteiger partial charge on any atom is -0.513 e. The molecule has 0 radical (unpaired) electrons. The van der Waals surface area contributed by atoms with Gasteiger partial charge in [-0.1, -0.05) is 27.4 Å². The first kappa shape index (κ1) is 14.8. The first-order valence-corrected chi connectivity index (χ1v) is 5.86. The molecule has 0 aliphatic heterocycles. The predicted molar refractivity (Wildman–Crippen MR) is 68.7 cm³/mol. The normalized spacial score (nSPS) is 16.1. The van der Waals surface area contributed by atoms with E-state index >= 15 is 0 Å². The van der Waals surface area contributed by atoms with Crippen LogP contribution < -0.4 is 0 Å². The van der Waals surface area contributed by atoms with E-state index in [0.29, 0.717) is 13.0 Å². The van der Waals surface area contributed by atoms with Crippen LogP contribution in [-0.2, 0) is 4.74 Å². The maximum absolute atomic E-state index is 9.19. The molecule has 0 saturated heterocycles. The minimum atomic E-state index is -0.301. The van der Waals surface area contributed by atoms with E-state index in [1.165, 1.54) is 0 Å². The van der Waals surface area contributed by atoms with E-state index in [0.717, 1.165) is 12.8 Å². The van der Waals surface area contributed by atoms with Crippen LogP contribution in [0, 0.1) is 0 Å². The van der Waals surface area contributed by atoms with Crippen molar-refractivity contribution in [2.24, 2.45) is 0 Å². The zero-order valence-corrected chi connectivity index (χ0v) is 11.2. The molecule has 0 saturated carbocycles. The third kappa shape index (κ3) is 7.74. The number of aliphatic hydroxyl groups is 1. The summed E-state index contributed by atoms with van der Waals surface area (Å²) >= 11 is 4.44. The molecule has 0 amide bonds. The lowest BCUT2D eigenvalue weighted by atomic mass is 9.98. The van der Waals surface area contributed by atoms with Gasteiger partial charge in [0.25, 0.3) is 0 Å². The number of rotatable bonds is 7. The average Bonchev–Trinajstić information content (AvgIpc) is 2.00. The van der Waals surface area contributed by atoms with E-state index in [1.54, 1.807) is 0 Å². The molecule has 0 aromatic heterocycles. The SMILES string of the molecule is C=C(O)CC(C)(CC)OCCC(C)(C)S. The number of aliphatic hydroxyl groups excluding tert-OH is 1. The fraction of sp³-hybridized carbons (Fsp3) is 0.833. The Hall–Kier alpha value is -0.150. The standard InChI is InChI=1S/C12H24O2S/c1-6-12(5,9-10(2)13)14-8-7-11(3,4)15/h13,15H,2,6-9H2,1,3-5H3. The van der Waals surface area contributed by atoms with Crippen LogP contribution in [0.2, 0.25) is 0 Å². The Labute approximate surface area is 99.1 Å². The Morgan fingerprint density at radius 1 is 1.40 bits per heavy atom. The van der Waals surface area contributed by atoms with Gasteiger partial charge in [0, 0.05) is 17.8 Å². The Morgan fingerprint density at radius 2 is 1.93 bits per heavy atom. The third-order valence-electron chi connectivity index (χ3n) is 2.49. The second-order valence-corrected chi connectivity index (χ2v) is 6.17. The number of hydrogen-bond donors (Lipinski definition) is 2. The lowest BCUT2D eigenvalue weighted by molar-refractivity contribution is -0.0421. The topological polar surface area (TPSA) is 29.5 Å². The molecule has 0 rings (SSSR count). The van der Waals surface area contributed by atoms with Gasteiger partial charge >= 0.3 is 0 Å². The summed E-state index contributed by atoms with van der Waals surface area (Å²) in [5, 5.41) is 9.19. The summed E-state index contributed by atoms with van der Waals surface area (Å²) in [4.78, 5) is 0. The molecule has 0 aliphatic rings. The lowest BCUT2D eigenvalue weighted by Crippen LogP contribution is -2.30. The zero-order chi connectivity index (χ0) is 12.1. The Bertz CT molecular complexity index is 208. The van der Waals surface area contributed by atoms with Crippen LogP contribution in [0.3, 0.4) is 0 Å². The first-order valence-electron chi connectivity index (χ1n) is 5.41. The van der Waals surface area contributed by atoms with Gasteiger partial charge in [0.05, 0.1) is 11.4 Å². The largest absolute Gasteiger partial charge is 0.513 e. The van der Waals surface area contributed by atoms with Crippen LogP contribution in [0.4, 0.5) is 0 Å². The molecule has 0 fully saturated rings. The molecule has 0 heterocycles. The van der Waals surface area contributed by atoms with Crippen LogP contribution in [0.15, 0.2) is 12.3 Å². The smallest absolute Gasteiger partial charge is 0.0879 e. The van der Waals surface area contributed by atoms with Crippen molar-refractivity contribution >= 4 is 12.6 Å². The summed E-state index contributed by atoms with van der Waals surface area (Å²) in [6.45, 7) is 12.3. The Balaban J connectivity index is 4.04. The summed E-state index contributed by atoms with van der Waals surface area (Å²) in [7, 11) is 0.